The summed E-state index contributed by atoms with van der Waals surface area (Å²) in [5.41, 5.74) is 1.07. The number of aromatic nitrogens is 3. The Morgan fingerprint density at radius 3 is 2.76 bits per heavy atom. The maximum atomic E-state index is 13.3. The number of aliphatic hydroxyl groups excluding tert-OH is 1. The van der Waals surface area contributed by atoms with E-state index in [1.54, 1.807) is 18.4 Å². The van der Waals surface area contributed by atoms with Gasteiger partial charge in [-0.1, -0.05) is 39.8 Å². The quantitative estimate of drug-likeness (QED) is 0.617. The van der Waals surface area contributed by atoms with Gasteiger partial charge in [0.1, 0.15) is 5.25 Å². The lowest BCUT2D eigenvalue weighted by atomic mass is 9.97. The third kappa shape index (κ3) is 3.56. The Balaban J connectivity index is 1.47. The number of thioether (sulfide) groups is 1. The van der Waals surface area contributed by atoms with Crippen molar-refractivity contribution in [3.63, 3.8) is 0 Å². The molecule has 2 unspecified atom stereocenters. The van der Waals surface area contributed by atoms with E-state index in [2.05, 4.69) is 43.0 Å². The van der Waals surface area contributed by atoms with E-state index in [-0.39, 0.29) is 23.3 Å². The number of furan rings is 1. The van der Waals surface area contributed by atoms with Crippen molar-refractivity contribution < 1.29 is 14.3 Å². The Morgan fingerprint density at radius 1 is 1.24 bits per heavy atom. The minimum Gasteiger partial charge on any atom is -0.461 e. The number of piperidine rings is 1. The molecule has 1 saturated heterocycles. The fraction of sp³-hybridized carbons (Fsp3) is 0.350. The van der Waals surface area contributed by atoms with Crippen molar-refractivity contribution >= 4 is 33.6 Å². The highest BCUT2D eigenvalue weighted by atomic mass is 79.9. The van der Waals surface area contributed by atoms with E-state index in [1.165, 1.54) is 16.4 Å². The molecule has 9 heteroatoms. The second-order valence-corrected chi connectivity index (χ2v) is 9.28. The Hall–Kier alpha value is -1.94. The predicted molar refractivity (Wildman–Crippen MR) is 112 cm³/mol. The number of likely N-dealkylation sites (tertiary alicyclic amines) is 1. The first-order chi connectivity index (χ1) is 14.1. The Morgan fingerprint density at radius 2 is 2.07 bits per heavy atom. The van der Waals surface area contributed by atoms with Crippen LogP contribution in [0, 0.1) is 0 Å². The third-order valence-electron chi connectivity index (χ3n) is 5.37. The van der Waals surface area contributed by atoms with Crippen LogP contribution in [-0.2, 0) is 0 Å². The molecule has 1 aromatic carbocycles. The van der Waals surface area contributed by atoms with Crippen LogP contribution >= 0.6 is 27.7 Å². The summed E-state index contributed by atoms with van der Waals surface area (Å²) >= 11 is 4.99. The molecule has 1 N–H and O–H groups in total. The summed E-state index contributed by atoms with van der Waals surface area (Å²) in [5.74, 6) is 0.890. The highest BCUT2D eigenvalue weighted by Gasteiger charge is 2.43. The van der Waals surface area contributed by atoms with Crippen molar-refractivity contribution in [2.75, 3.05) is 13.1 Å². The second-order valence-electron chi connectivity index (χ2n) is 7.25. The molecule has 0 saturated carbocycles. The first kappa shape index (κ1) is 19.0. The molecular formula is C20H19BrN4O3S. The molecule has 0 bridgehead atoms. The van der Waals surface area contributed by atoms with E-state index in [4.69, 9.17) is 4.42 Å². The molecule has 2 aliphatic heterocycles. The maximum Gasteiger partial charge on any atom is 0.264 e. The number of rotatable bonds is 4. The molecule has 1 fully saturated rings. The SMILES string of the molecule is O=C1C(C(c2cccc(Br)c2)N2CCC(O)CC2)Sc2nc(-c3ccco3)nn21. The average Bonchev–Trinajstić information content (AvgIpc) is 3.43. The van der Waals surface area contributed by atoms with E-state index in [9.17, 15) is 9.90 Å². The molecule has 7 nitrogen and oxygen atoms in total. The van der Waals surface area contributed by atoms with E-state index < -0.39 is 0 Å². The van der Waals surface area contributed by atoms with E-state index >= 15 is 0 Å². The van der Waals surface area contributed by atoms with Gasteiger partial charge < -0.3 is 9.52 Å². The number of hydrogen-bond donors (Lipinski definition) is 1. The fourth-order valence-electron chi connectivity index (χ4n) is 3.94. The van der Waals surface area contributed by atoms with Crippen LogP contribution in [0.2, 0.25) is 0 Å². The molecule has 2 aliphatic rings. The summed E-state index contributed by atoms with van der Waals surface area (Å²) in [5, 5.41) is 14.6. The van der Waals surface area contributed by atoms with Crippen LogP contribution in [0.3, 0.4) is 0 Å². The smallest absolute Gasteiger partial charge is 0.264 e. The molecule has 0 radical (unpaired) electrons. The summed E-state index contributed by atoms with van der Waals surface area (Å²) in [6.07, 6.45) is 2.71. The molecule has 3 aromatic rings. The van der Waals surface area contributed by atoms with Crippen LogP contribution in [0.1, 0.15) is 29.2 Å². The minimum atomic E-state index is -0.347. The summed E-state index contributed by atoms with van der Waals surface area (Å²) in [6, 6.07) is 11.5. The number of aliphatic hydroxyl groups is 1. The number of carbonyl (C=O) groups is 1. The van der Waals surface area contributed by atoms with Gasteiger partial charge in [-0.2, -0.15) is 9.67 Å². The van der Waals surface area contributed by atoms with Gasteiger partial charge in [0.25, 0.3) is 5.91 Å². The molecule has 0 amide bonds. The zero-order valence-electron chi connectivity index (χ0n) is 15.4. The monoisotopic (exact) mass is 474 g/mol. The van der Waals surface area contributed by atoms with Crippen LogP contribution in [0.4, 0.5) is 0 Å². The minimum absolute atomic E-state index is 0.0774. The van der Waals surface area contributed by atoms with Crippen molar-refractivity contribution in [2.45, 2.75) is 35.4 Å². The number of hydrogen-bond acceptors (Lipinski definition) is 7. The zero-order chi connectivity index (χ0) is 20.0. The topological polar surface area (TPSA) is 84.4 Å². The van der Waals surface area contributed by atoms with E-state index in [1.807, 2.05) is 12.1 Å². The molecule has 5 rings (SSSR count). The lowest BCUT2D eigenvalue weighted by molar-refractivity contribution is 0.0551. The number of halogens is 1. The molecular weight excluding hydrogens is 456 g/mol. The summed E-state index contributed by atoms with van der Waals surface area (Å²) < 4.78 is 7.73. The van der Waals surface area contributed by atoms with Crippen molar-refractivity contribution in [3.8, 4) is 11.6 Å². The van der Waals surface area contributed by atoms with Gasteiger partial charge in [0.15, 0.2) is 10.9 Å². The van der Waals surface area contributed by atoms with Gasteiger partial charge in [0, 0.05) is 17.6 Å². The zero-order valence-corrected chi connectivity index (χ0v) is 17.8. The van der Waals surface area contributed by atoms with Crippen LogP contribution in [0.15, 0.2) is 56.7 Å². The average molecular weight is 475 g/mol. The summed E-state index contributed by atoms with van der Waals surface area (Å²) in [4.78, 5) is 20.1. The van der Waals surface area contributed by atoms with E-state index in [0.29, 0.717) is 29.6 Å². The lowest BCUT2D eigenvalue weighted by Crippen LogP contribution is -2.44. The Kier molecular flexibility index (Phi) is 5.07. The van der Waals surface area contributed by atoms with Crippen LogP contribution in [-0.4, -0.2) is 55.1 Å². The maximum absolute atomic E-state index is 13.3. The molecule has 4 heterocycles. The van der Waals surface area contributed by atoms with Crippen molar-refractivity contribution in [2.24, 2.45) is 0 Å². The van der Waals surface area contributed by atoms with Crippen LogP contribution < -0.4 is 0 Å². The highest BCUT2D eigenvalue weighted by Crippen LogP contribution is 2.42. The fourth-order valence-corrected chi connectivity index (χ4v) is 5.62. The summed E-state index contributed by atoms with van der Waals surface area (Å²) in [6.45, 7) is 1.49. The van der Waals surface area contributed by atoms with Gasteiger partial charge in [-0.15, -0.1) is 5.10 Å². The van der Waals surface area contributed by atoms with Gasteiger partial charge in [-0.05, 0) is 42.7 Å². The van der Waals surface area contributed by atoms with Crippen LogP contribution in [0.25, 0.3) is 11.6 Å². The van der Waals surface area contributed by atoms with Crippen molar-refractivity contribution in [1.29, 1.82) is 0 Å². The molecule has 2 atom stereocenters. The molecule has 29 heavy (non-hydrogen) atoms. The number of carbonyl (C=O) groups excluding carboxylic acids is 1. The largest absolute Gasteiger partial charge is 0.461 e. The highest BCUT2D eigenvalue weighted by molar-refractivity contribution is 9.10. The first-order valence-corrected chi connectivity index (χ1v) is 11.2. The predicted octanol–water partition coefficient (Wildman–Crippen LogP) is 3.61. The van der Waals surface area contributed by atoms with E-state index in [0.717, 1.165) is 23.1 Å². The van der Waals surface area contributed by atoms with Crippen molar-refractivity contribution in [3.05, 3.63) is 52.7 Å². The summed E-state index contributed by atoms with van der Waals surface area (Å²) in [7, 11) is 0. The Labute approximate surface area is 180 Å². The number of nitrogens with zero attached hydrogens (tertiary/aromatic N) is 4. The van der Waals surface area contributed by atoms with Crippen molar-refractivity contribution in [1.82, 2.24) is 19.7 Å². The molecule has 0 aliphatic carbocycles. The van der Waals surface area contributed by atoms with Gasteiger partial charge in [-0.25, -0.2) is 0 Å². The molecule has 2 aromatic heterocycles. The second kappa shape index (κ2) is 7.71. The third-order valence-corrected chi connectivity index (χ3v) is 7.05. The number of fused-ring (bicyclic) bond motifs is 1. The number of benzene rings is 1. The van der Waals surface area contributed by atoms with Gasteiger partial charge in [0.2, 0.25) is 5.82 Å². The Bertz CT molecular complexity index is 1030. The molecule has 0 spiro atoms. The van der Waals surface area contributed by atoms with Gasteiger partial charge in [0.05, 0.1) is 18.4 Å². The van der Waals surface area contributed by atoms with Gasteiger partial charge in [-0.3, -0.25) is 9.69 Å². The first-order valence-electron chi connectivity index (χ1n) is 9.49. The normalized spacial score (nSPS) is 21.4. The van der Waals surface area contributed by atoms with Gasteiger partial charge >= 0.3 is 0 Å². The van der Waals surface area contributed by atoms with Crippen LogP contribution in [0.5, 0.6) is 0 Å². The standard InChI is InChI=1S/C20H19BrN4O3S/c21-13-4-1-3-12(11-13)16(24-8-6-14(26)7-9-24)17-19(27)25-20(29-17)22-18(23-25)15-5-2-10-28-15/h1-5,10-11,14,16-17,26H,6-9H2. The lowest BCUT2D eigenvalue weighted by Gasteiger charge is -2.38. The molecule has 150 valence electrons.